The molecule has 8 rings (SSSR count). The highest BCUT2D eigenvalue weighted by molar-refractivity contribution is 7.98. The quantitative estimate of drug-likeness (QED) is 0.0414. The topological polar surface area (TPSA) is 191 Å². The van der Waals surface area contributed by atoms with Gasteiger partial charge in [-0.15, -0.1) is 11.8 Å². The van der Waals surface area contributed by atoms with Crippen LogP contribution in [0.2, 0.25) is 0 Å². The summed E-state index contributed by atoms with van der Waals surface area (Å²) in [6.07, 6.45) is 7.87. The van der Waals surface area contributed by atoms with E-state index >= 15 is 0 Å². The molecule has 2 aliphatic heterocycles. The fraction of sp³-hybridized carbons (Fsp3) is 0.417. The van der Waals surface area contributed by atoms with Crippen LogP contribution in [0.15, 0.2) is 84.0 Å². The van der Waals surface area contributed by atoms with Crippen molar-refractivity contribution in [3.05, 3.63) is 96.3 Å². The van der Waals surface area contributed by atoms with Crippen LogP contribution in [-0.4, -0.2) is 96.6 Å². The number of nitrogens with zero attached hydrogens (tertiary/aromatic N) is 4. The van der Waals surface area contributed by atoms with Crippen molar-refractivity contribution in [3.63, 3.8) is 0 Å². The van der Waals surface area contributed by atoms with E-state index in [1.807, 2.05) is 49.9 Å². The Balaban J connectivity index is 1.06. The Kier molecular flexibility index (Phi) is 13.4. The van der Waals surface area contributed by atoms with Gasteiger partial charge in [-0.05, 0) is 91.8 Å². The zero-order valence-electron chi connectivity index (χ0n) is 36.9. The van der Waals surface area contributed by atoms with Crippen molar-refractivity contribution in [2.75, 3.05) is 26.5 Å². The van der Waals surface area contributed by atoms with E-state index in [0.29, 0.717) is 25.4 Å². The minimum atomic E-state index is -1.23. The number of hydrogen-bond acceptors (Lipinski definition) is 10. The SMILES string of the molecule is COC(O)NC(C(=O)N1CCCC1c1ncc(-c2ccc3[nH]c(-c4ccc(-c5cnc(C6CCCN6C(=O)C(N)C(C)C)[nH]5)cc4OCc4cccc(SC)c4)cc3c2)[nH]1)C(C)C. The molecule has 0 bridgehead atoms. The van der Waals surface area contributed by atoms with E-state index in [0.717, 1.165) is 87.6 Å². The first-order valence-electron chi connectivity index (χ1n) is 21.9. The smallest absolute Gasteiger partial charge is 0.240 e. The van der Waals surface area contributed by atoms with Gasteiger partial charge in [0, 0.05) is 52.7 Å². The lowest BCUT2D eigenvalue weighted by atomic mass is 10.0. The lowest BCUT2D eigenvalue weighted by molar-refractivity contribution is -0.145. The maximum atomic E-state index is 13.8. The molecule has 2 amide bonds. The summed E-state index contributed by atoms with van der Waals surface area (Å²) < 4.78 is 11.7. The first kappa shape index (κ1) is 44.2. The van der Waals surface area contributed by atoms with Crippen LogP contribution in [0.5, 0.6) is 5.75 Å². The number of H-pyrrole nitrogens is 3. The first-order valence-corrected chi connectivity index (χ1v) is 23.1. The number of imidazole rings is 2. The van der Waals surface area contributed by atoms with E-state index in [1.165, 1.54) is 12.0 Å². The Morgan fingerprint density at radius 3 is 2.13 bits per heavy atom. The number of ether oxygens (including phenoxy) is 2. The first-order chi connectivity index (χ1) is 30.4. The summed E-state index contributed by atoms with van der Waals surface area (Å²) in [6.45, 7) is 9.51. The number of nitrogens with one attached hydrogen (secondary N) is 4. The number of amides is 2. The molecule has 0 aliphatic carbocycles. The molecule has 0 saturated carbocycles. The molecule has 332 valence electrons. The average Bonchev–Trinajstić information content (AvgIpc) is 4.15. The number of aliphatic hydroxyl groups is 1. The van der Waals surface area contributed by atoms with E-state index in [4.69, 9.17) is 25.2 Å². The van der Waals surface area contributed by atoms with Crippen LogP contribution < -0.4 is 15.8 Å². The van der Waals surface area contributed by atoms with E-state index < -0.39 is 18.5 Å². The molecule has 5 atom stereocenters. The zero-order chi connectivity index (χ0) is 44.4. The van der Waals surface area contributed by atoms with Gasteiger partial charge in [0.05, 0.1) is 53.6 Å². The Morgan fingerprint density at radius 2 is 1.49 bits per heavy atom. The fourth-order valence-corrected chi connectivity index (χ4v) is 9.24. The molecular weight excluding hydrogens is 815 g/mol. The number of aromatic amines is 3. The second kappa shape index (κ2) is 19.1. The Bertz CT molecular complexity index is 2550. The molecule has 2 aliphatic rings. The second-order valence-electron chi connectivity index (χ2n) is 17.3. The van der Waals surface area contributed by atoms with Gasteiger partial charge in [0.1, 0.15) is 24.0 Å². The number of thioether (sulfide) groups is 1. The van der Waals surface area contributed by atoms with Crippen LogP contribution >= 0.6 is 11.8 Å². The number of fused-ring (bicyclic) bond motifs is 1. The predicted molar refractivity (Wildman–Crippen MR) is 246 cm³/mol. The van der Waals surface area contributed by atoms with Crippen molar-refractivity contribution in [2.24, 2.45) is 17.6 Å². The van der Waals surface area contributed by atoms with Crippen molar-refractivity contribution in [3.8, 4) is 39.5 Å². The molecule has 3 aromatic heterocycles. The Hall–Kier alpha value is -5.45. The molecule has 0 spiro atoms. The van der Waals surface area contributed by atoms with Crippen LogP contribution in [0.25, 0.3) is 44.7 Å². The van der Waals surface area contributed by atoms with Gasteiger partial charge in [-0.1, -0.05) is 52.0 Å². The van der Waals surface area contributed by atoms with Crippen LogP contribution in [0.4, 0.5) is 0 Å². The summed E-state index contributed by atoms with van der Waals surface area (Å²) >= 11 is 1.70. The van der Waals surface area contributed by atoms with Crippen molar-refractivity contribution in [1.82, 2.24) is 40.0 Å². The third-order valence-corrected chi connectivity index (χ3v) is 13.1. The summed E-state index contributed by atoms with van der Waals surface area (Å²) in [6, 6.07) is 21.5. The van der Waals surface area contributed by atoms with Crippen molar-refractivity contribution < 1.29 is 24.2 Å². The van der Waals surface area contributed by atoms with E-state index in [-0.39, 0.29) is 35.7 Å². The summed E-state index contributed by atoms with van der Waals surface area (Å²) in [5.74, 6) is 2.08. The maximum absolute atomic E-state index is 13.8. The average molecular weight is 874 g/mol. The molecule has 2 saturated heterocycles. The van der Waals surface area contributed by atoms with Gasteiger partial charge in [0.15, 0.2) is 0 Å². The van der Waals surface area contributed by atoms with Gasteiger partial charge in [0.2, 0.25) is 18.2 Å². The highest BCUT2D eigenvalue weighted by atomic mass is 32.2. The third-order valence-electron chi connectivity index (χ3n) is 12.4. The number of rotatable bonds is 16. The molecule has 5 heterocycles. The molecule has 7 N–H and O–H groups in total. The van der Waals surface area contributed by atoms with E-state index in [1.54, 1.807) is 11.8 Å². The number of carbonyl (C=O) groups is 2. The van der Waals surface area contributed by atoms with Crippen LogP contribution in [0.3, 0.4) is 0 Å². The standard InChI is InChI=1S/C48H59N9O5S/c1-27(2)42(49)46(58)56-18-8-12-39(56)44-51-25-38(54-44)31-14-16-34(41(23-31)62-26-29-10-7-11-33(20-29)63-6)36-22-32-21-30(15-17-35(32)52-36)37-24-50-45(53-37)40-13-9-19-57(40)47(59)43(28(3)4)55-48(60)61-5/h7,10-11,14-17,20-25,27-28,39-40,42-43,48,52,55,60H,8-9,12-13,18-19,26,49H2,1-6H3,(H,50,53)(H,51,54). The number of nitrogens with two attached hydrogens (primary N) is 1. The zero-order valence-corrected chi connectivity index (χ0v) is 37.7. The molecule has 0 radical (unpaired) electrons. The van der Waals surface area contributed by atoms with Crippen LogP contribution in [0.1, 0.15) is 82.7 Å². The molecule has 5 unspecified atom stereocenters. The van der Waals surface area contributed by atoms with Gasteiger partial charge >= 0.3 is 0 Å². The van der Waals surface area contributed by atoms with Crippen molar-refractivity contribution in [2.45, 2.75) is 95.5 Å². The van der Waals surface area contributed by atoms with Gasteiger partial charge < -0.3 is 45.1 Å². The molecule has 6 aromatic rings. The Labute approximate surface area is 372 Å². The lowest BCUT2D eigenvalue weighted by Gasteiger charge is -2.31. The van der Waals surface area contributed by atoms with Crippen LogP contribution in [-0.2, 0) is 20.9 Å². The monoisotopic (exact) mass is 873 g/mol. The number of methoxy groups -OCH3 is 1. The molecule has 2 fully saturated rings. The molecule has 3 aromatic carbocycles. The maximum Gasteiger partial charge on any atom is 0.240 e. The fourth-order valence-electron chi connectivity index (χ4n) is 8.76. The molecule has 14 nitrogen and oxygen atoms in total. The summed E-state index contributed by atoms with van der Waals surface area (Å²) in [7, 11) is 1.39. The molecular formula is C48H59N9O5S. The molecule has 63 heavy (non-hydrogen) atoms. The van der Waals surface area contributed by atoms with E-state index in [2.05, 4.69) is 93.3 Å². The third kappa shape index (κ3) is 9.43. The van der Waals surface area contributed by atoms with Gasteiger partial charge in [0.25, 0.3) is 0 Å². The highest BCUT2D eigenvalue weighted by Gasteiger charge is 2.38. The predicted octanol–water partition coefficient (Wildman–Crippen LogP) is 7.76. The van der Waals surface area contributed by atoms with Gasteiger partial charge in [-0.2, -0.15) is 0 Å². The number of benzene rings is 3. The van der Waals surface area contributed by atoms with Crippen molar-refractivity contribution >= 4 is 34.5 Å². The van der Waals surface area contributed by atoms with Gasteiger partial charge in [-0.3, -0.25) is 14.9 Å². The van der Waals surface area contributed by atoms with Crippen LogP contribution in [0, 0.1) is 11.8 Å². The normalized spacial score (nSPS) is 18.2. The number of aromatic nitrogens is 5. The summed E-state index contributed by atoms with van der Waals surface area (Å²) in [5.41, 5.74) is 13.7. The number of likely N-dealkylation sites (tertiary alicyclic amines) is 2. The Morgan fingerprint density at radius 1 is 0.841 bits per heavy atom. The minimum Gasteiger partial charge on any atom is -0.488 e. The number of aliphatic hydroxyl groups excluding tert-OH is 1. The second-order valence-corrected chi connectivity index (χ2v) is 18.2. The van der Waals surface area contributed by atoms with E-state index in [9.17, 15) is 14.7 Å². The van der Waals surface area contributed by atoms with Crippen molar-refractivity contribution in [1.29, 1.82) is 0 Å². The summed E-state index contributed by atoms with van der Waals surface area (Å²) in [4.78, 5) is 52.2. The number of carbonyl (C=O) groups excluding carboxylic acids is 2. The largest absolute Gasteiger partial charge is 0.488 e. The van der Waals surface area contributed by atoms with Gasteiger partial charge in [-0.25, -0.2) is 9.97 Å². The lowest BCUT2D eigenvalue weighted by Crippen LogP contribution is -2.52. The highest BCUT2D eigenvalue weighted by Crippen LogP contribution is 2.39. The summed E-state index contributed by atoms with van der Waals surface area (Å²) in [5, 5.41) is 14.0. The minimum absolute atomic E-state index is 0.0328. The number of hydrogen-bond donors (Lipinski definition) is 6. The molecule has 15 heteroatoms.